The van der Waals surface area contributed by atoms with Gasteiger partial charge < -0.3 is 14.8 Å². The lowest BCUT2D eigenvalue weighted by atomic mass is 9.88. The van der Waals surface area contributed by atoms with Crippen LogP contribution in [0.4, 0.5) is 0 Å². The van der Waals surface area contributed by atoms with E-state index in [-0.39, 0.29) is 23.0 Å². The number of rotatable bonds is 15. The molecule has 1 N–H and O–H groups in total. The topological polar surface area (TPSA) is 47.6 Å². The first kappa shape index (κ1) is 30.3. The summed E-state index contributed by atoms with van der Waals surface area (Å²) >= 11 is 0. The number of unbranched alkanes of at least 4 members (excludes halogenated alkanes) is 1. The summed E-state index contributed by atoms with van der Waals surface area (Å²) in [6.45, 7) is 13.4. The van der Waals surface area contributed by atoms with Gasteiger partial charge >= 0.3 is 0 Å². The first-order valence-corrected chi connectivity index (χ1v) is 14.5. The summed E-state index contributed by atoms with van der Waals surface area (Å²) in [6.07, 6.45) is 5.04. The minimum atomic E-state index is -0.254. The molecule has 1 amide bonds. The van der Waals surface area contributed by atoms with Crippen molar-refractivity contribution in [1.29, 1.82) is 0 Å². The maximum Gasteiger partial charge on any atom is 0.220 e. The van der Waals surface area contributed by atoms with Crippen molar-refractivity contribution in [3.8, 4) is 11.5 Å². The molecule has 0 fully saturated rings. The predicted molar refractivity (Wildman–Crippen MR) is 162 cm³/mol. The van der Waals surface area contributed by atoms with Crippen LogP contribution >= 0.6 is 0 Å². The Labute approximate surface area is 236 Å². The predicted octanol–water partition coefficient (Wildman–Crippen LogP) is 8.48. The van der Waals surface area contributed by atoms with Crippen LogP contribution in [0, 0.1) is 0 Å². The Morgan fingerprint density at radius 3 is 1.90 bits per heavy atom. The molecule has 0 aromatic heterocycles. The van der Waals surface area contributed by atoms with Gasteiger partial charge in [0.15, 0.2) is 0 Å². The number of hydrogen-bond donors (Lipinski definition) is 1. The van der Waals surface area contributed by atoms with Gasteiger partial charge in [-0.25, -0.2) is 0 Å². The molecule has 0 atom stereocenters. The monoisotopic (exact) mass is 529 g/mol. The fourth-order valence-electron chi connectivity index (χ4n) is 4.39. The van der Waals surface area contributed by atoms with Gasteiger partial charge in [-0.05, 0) is 82.6 Å². The van der Waals surface area contributed by atoms with Crippen molar-refractivity contribution in [2.75, 3.05) is 6.54 Å². The second-order valence-corrected chi connectivity index (χ2v) is 11.6. The Balaban J connectivity index is 1.56. The molecule has 0 bridgehead atoms. The average Bonchev–Trinajstić information content (AvgIpc) is 2.93. The molecule has 39 heavy (non-hydrogen) atoms. The largest absolute Gasteiger partial charge is 0.488 e. The molecule has 4 nitrogen and oxygen atoms in total. The fourth-order valence-corrected chi connectivity index (χ4v) is 4.39. The quantitative estimate of drug-likeness (QED) is 0.201. The average molecular weight is 530 g/mol. The second-order valence-electron chi connectivity index (χ2n) is 11.6. The lowest BCUT2D eigenvalue weighted by molar-refractivity contribution is -0.121. The molecule has 0 aliphatic rings. The molecule has 3 aromatic rings. The van der Waals surface area contributed by atoms with Crippen LogP contribution in [0.1, 0.15) is 96.3 Å². The van der Waals surface area contributed by atoms with E-state index in [2.05, 4.69) is 77.2 Å². The van der Waals surface area contributed by atoms with E-state index in [1.807, 2.05) is 48.5 Å². The zero-order valence-corrected chi connectivity index (χ0v) is 24.8. The molecule has 4 heteroatoms. The molecule has 0 saturated heterocycles. The van der Waals surface area contributed by atoms with Crippen LogP contribution in [0.2, 0.25) is 0 Å². The van der Waals surface area contributed by atoms with Crippen LogP contribution in [0.25, 0.3) is 0 Å². The maximum absolute atomic E-state index is 12.9. The van der Waals surface area contributed by atoms with Crippen molar-refractivity contribution in [1.82, 2.24) is 5.32 Å². The lowest BCUT2D eigenvalue weighted by Gasteiger charge is -2.29. The van der Waals surface area contributed by atoms with Crippen LogP contribution in [0.5, 0.6) is 11.5 Å². The highest BCUT2D eigenvalue weighted by atomic mass is 16.5. The molecule has 0 heterocycles. The van der Waals surface area contributed by atoms with E-state index in [0.717, 1.165) is 54.7 Å². The Hall–Kier alpha value is -3.27. The van der Waals surface area contributed by atoms with Crippen LogP contribution in [-0.2, 0) is 11.2 Å². The summed E-state index contributed by atoms with van der Waals surface area (Å²) in [5.41, 5.74) is 3.03. The van der Waals surface area contributed by atoms with Gasteiger partial charge in [-0.3, -0.25) is 4.79 Å². The SMILES string of the molecule is CCC(C)(C)Oc1ccc(CCCCNC(=O)CC(c2ccccc2)c2ccccc2)c(OC(C)(C)CC)c1. The minimum absolute atomic E-state index is 0.0486. The van der Waals surface area contributed by atoms with Gasteiger partial charge in [0.2, 0.25) is 5.91 Å². The fraction of sp³-hybridized carbons (Fsp3) is 0.457. The Morgan fingerprint density at radius 1 is 0.769 bits per heavy atom. The number of carbonyl (C=O) groups excluding carboxylic acids is 1. The van der Waals surface area contributed by atoms with E-state index in [1.165, 1.54) is 5.56 Å². The van der Waals surface area contributed by atoms with E-state index < -0.39 is 0 Å². The summed E-state index contributed by atoms with van der Waals surface area (Å²) in [6, 6.07) is 26.8. The Kier molecular flexibility index (Phi) is 11.0. The highest BCUT2D eigenvalue weighted by Crippen LogP contribution is 2.32. The maximum atomic E-state index is 12.9. The number of carbonyl (C=O) groups is 1. The summed E-state index contributed by atoms with van der Waals surface area (Å²) in [7, 11) is 0. The molecule has 3 aromatic carbocycles. The molecular weight excluding hydrogens is 482 g/mol. The summed E-state index contributed by atoms with van der Waals surface area (Å²) < 4.78 is 12.7. The van der Waals surface area contributed by atoms with Crippen molar-refractivity contribution in [3.05, 3.63) is 95.6 Å². The summed E-state index contributed by atoms with van der Waals surface area (Å²) in [4.78, 5) is 12.9. The van der Waals surface area contributed by atoms with Crippen molar-refractivity contribution >= 4 is 5.91 Å². The normalized spacial score (nSPS) is 11.9. The van der Waals surface area contributed by atoms with Gasteiger partial charge in [-0.1, -0.05) is 80.6 Å². The molecule has 210 valence electrons. The summed E-state index contributed by atoms with van der Waals surface area (Å²) in [5.74, 6) is 1.86. The van der Waals surface area contributed by atoms with E-state index in [1.54, 1.807) is 0 Å². The second kappa shape index (κ2) is 14.2. The zero-order valence-electron chi connectivity index (χ0n) is 24.8. The van der Waals surface area contributed by atoms with E-state index >= 15 is 0 Å². The molecule has 0 spiro atoms. The number of aryl methyl sites for hydroxylation is 1. The molecule has 0 aliphatic heterocycles. The van der Waals surface area contributed by atoms with Crippen LogP contribution < -0.4 is 14.8 Å². The van der Waals surface area contributed by atoms with Crippen molar-refractivity contribution in [3.63, 3.8) is 0 Å². The number of hydrogen-bond acceptors (Lipinski definition) is 3. The van der Waals surface area contributed by atoms with Crippen LogP contribution in [0.3, 0.4) is 0 Å². The molecule has 3 rings (SSSR count). The molecular formula is C35H47NO3. The highest BCUT2D eigenvalue weighted by Gasteiger charge is 2.22. The third-order valence-corrected chi connectivity index (χ3v) is 7.51. The molecule has 0 aliphatic carbocycles. The molecule has 0 radical (unpaired) electrons. The van der Waals surface area contributed by atoms with Crippen molar-refractivity contribution in [2.45, 2.75) is 97.2 Å². The van der Waals surface area contributed by atoms with Crippen molar-refractivity contribution < 1.29 is 14.3 Å². The molecule has 0 unspecified atom stereocenters. The highest BCUT2D eigenvalue weighted by molar-refractivity contribution is 5.77. The number of nitrogens with one attached hydrogen (secondary N) is 1. The van der Waals surface area contributed by atoms with Gasteiger partial charge in [0.1, 0.15) is 22.7 Å². The van der Waals surface area contributed by atoms with Gasteiger partial charge in [0.05, 0.1) is 0 Å². The van der Waals surface area contributed by atoms with Gasteiger partial charge in [0.25, 0.3) is 0 Å². The van der Waals surface area contributed by atoms with Crippen LogP contribution in [-0.4, -0.2) is 23.7 Å². The first-order chi connectivity index (χ1) is 18.6. The standard InChI is InChI=1S/C35H47NO3/c1-7-34(3,4)38-30-23-22-29(32(25-30)39-35(5,6)8-2)21-15-16-24-36-33(37)26-31(27-17-11-9-12-18-27)28-19-13-10-14-20-28/h9-14,17-20,22-23,25,31H,7-8,15-16,21,24,26H2,1-6H3,(H,36,37). The van der Waals surface area contributed by atoms with Gasteiger partial charge in [-0.2, -0.15) is 0 Å². The van der Waals surface area contributed by atoms with E-state index in [0.29, 0.717) is 13.0 Å². The third kappa shape index (κ3) is 9.76. The minimum Gasteiger partial charge on any atom is -0.488 e. The first-order valence-electron chi connectivity index (χ1n) is 14.5. The smallest absolute Gasteiger partial charge is 0.220 e. The summed E-state index contributed by atoms with van der Waals surface area (Å²) in [5, 5.41) is 3.15. The third-order valence-electron chi connectivity index (χ3n) is 7.51. The van der Waals surface area contributed by atoms with E-state index in [9.17, 15) is 4.79 Å². The number of benzene rings is 3. The van der Waals surface area contributed by atoms with Gasteiger partial charge in [0, 0.05) is 24.9 Å². The lowest BCUT2D eigenvalue weighted by Crippen LogP contribution is -2.28. The zero-order chi connectivity index (χ0) is 28.3. The number of ether oxygens (including phenoxy) is 2. The van der Waals surface area contributed by atoms with E-state index in [4.69, 9.17) is 9.47 Å². The van der Waals surface area contributed by atoms with Gasteiger partial charge in [-0.15, -0.1) is 0 Å². The van der Waals surface area contributed by atoms with Crippen LogP contribution in [0.15, 0.2) is 78.9 Å². The molecule has 0 saturated carbocycles. The Morgan fingerprint density at radius 2 is 1.33 bits per heavy atom. The van der Waals surface area contributed by atoms with Crippen molar-refractivity contribution in [2.24, 2.45) is 0 Å². The number of amides is 1. The Bertz CT molecular complexity index is 1120.